The van der Waals surface area contributed by atoms with Gasteiger partial charge in [0.15, 0.2) is 16.3 Å². The maximum Gasteiger partial charge on any atom is 0.252 e. The Kier molecular flexibility index (Phi) is 4.28. The maximum absolute atomic E-state index is 12.6. The fourth-order valence-corrected chi connectivity index (χ4v) is 4.27. The Morgan fingerprint density at radius 2 is 1.96 bits per heavy atom. The average Bonchev–Trinajstić information content (AvgIpc) is 3.18. The number of ether oxygens (including phenoxy) is 2. The van der Waals surface area contributed by atoms with Crippen LogP contribution in [0.2, 0.25) is 0 Å². The van der Waals surface area contributed by atoms with E-state index < -0.39 is 0 Å². The Morgan fingerprint density at radius 3 is 2.73 bits per heavy atom. The van der Waals surface area contributed by atoms with Gasteiger partial charge in [0, 0.05) is 18.7 Å². The zero-order valence-corrected chi connectivity index (χ0v) is 15.9. The Bertz CT molecular complexity index is 1080. The molecule has 0 N–H and O–H groups in total. The van der Waals surface area contributed by atoms with Gasteiger partial charge in [-0.25, -0.2) is 0 Å². The van der Waals surface area contributed by atoms with Gasteiger partial charge >= 0.3 is 0 Å². The predicted octanol–water partition coefficient (Wildman–Crippen LogP) is 3.74. The fraction of sp³-hybridized carbons (Fsp3) is 0.300. The highest BCUT2D eigenvalue weighted by molar-refractivity contribution is 7.16. The van der Waals surface area contributed by atoms with Crippen molar-refractivity contribution in [1.82, 2.24) is 4.57 Å². The number of aryl methyl sites for hydroxylation is 3. The molecule has 0 spiro atoms. The molecule has 5 nitrogen and oxygen atoms in total. The zero-order chi connectivity index (χ0) is 18.3. The fourth-order valence-electron chi connectivity index (χ4n) is 3.15. The molecular formula is C20H20N2O3S. The number of carbonyl (C=O) groups excluding carboxylic acids is 1. The highest BCUT2D eigenvalue weighted by atomic mass is 32.1. The largest absolute Gasteiger partial charge is 0.454 e. The number of amides is 1. The second kappa shape index (κ2) is 6.61. The van der Waals surface area contributed by atoms with E-state index in [0.29, 0.717) is 11.2 Å². The minimum atomic E-state index is -0.132. The van der Waals surface area contributed by atoms with Crippen molar-refractivity contribution in [2.75, 3.05) is 6.79 Å². The normalized spacial score (nSPS) is 13.6. The first-order valence-electron chi connectivity index (χ1n) is 8.62. The number of carbonyl (C=O) groups is 1. The van der Waals surface area contributed by atoms with Gasteiger partial charge < -0.3 is 14.0 Å². The van der Waals surface area contributed by atoms with Crippen molar-refractivity contribution in [3.05, 3.63) is 51.8 Å². The molecule has 2 aromatic carbocycles. The van der Waals surface area contributed by atoms with Crippen LogP contribution in [0.1, 0.15) is 23.6 Å². The molecule has 4 rings (SSSR count). The van der Waals surface area contributed by atoms with Gasteiger partial charge in [-0.15, -0.1) is 0 Å². The van der Waals surface area contributed by atoms with E-state index in [1.165, 1.54) is 11.3 Å². The van der Waals surface area contributed by atoms with Crippen molar-refractivity contribution in [2.24, 2.45) is 4.99 Å². The van der Waals surface area contributed by atoms with Crippen molar-refractivity contribution >= 4 is 27.5 Å². The monoisotopic (exact) mass is 368 g/mol. The smallest absolute Gasteiger partial charge is 0.252 e. The van der Waals surface area contributed by atoms with Gasteiger partial charge in [0.25, 0.3) is 5.91 Å². The van der Waals surface area contributed by atoms with Crippen LogP contribution < -0.4 is 14.3 Å². The molecule has 2 heterocycles. The van der Waals surface area contributed by atoms with Crippen LogP contribution in [-0.4, -0.2) is 17.3 Å². The van der Waals surface area contributed by atoms with Crippen LogP contribution in [-0.2, 0) is 17.8 Å². The topological polar surface area (TPSA) is 52.8 Å². The molecule has 1 aromatic heterocycles. The van der Waals surface area contributed by atoms with E-state index >= 15 is 0 Å². The lowest BCUT2D eigenvalue weighted by Crippen LogP contribution is -2.16. The number of hydrogen-bond donors (Lipinski definition) is 0. The summed E-state index contributed by atoms with van der Waals surface area (Å²) in [6.07, 6.45) is 0.314. The van der Waals surface area contributed by atoms with Crippen LogP contribution in [0.25, 0.3) is 10.2 Å². The summed E-state index contributed by atoms with van der Waals surface area (Å²) in [4.78, 5) is 17.7. The van der Waals surface area contributed by atoms with E-state index in [2.05, 4.69) is 17.1 Å². The molecule has 6 heteroatoms. The number of benzene rings is 2. The Morgan fingerprint density at radius 1 is 1.19 bits per heavy atom. The molecule has 134 valence electrons. The first kappa shape index (κ1) is 16.8. The van der Waals surface area contributed by atoms with Crippen LogP contribution in [0.3, 0.4) is 0 Å². The van der Waals surface area contributed by atoms with Crippen LogP contribution in [0, 0.1) is 13.8 Å². The van der Waals surface area contributed by atoms with Crippen molar-refractivity contribution in [1.29, 1.82) is 0 Å². The van der Waals surface area contributed by atoms with Crippen LogP contribution in [0.5, 0.6) is 11.5 Å². The van der Waals surface area contributed by atoms with E-state index in [-0.39, 0.29) is 12.7 Å². The highest BCUT2D eigenvalue weighted by Crippen LogP contribution is 2.36. The van der Waals surface area contributed by atoms with E-state index in [1.54, 1.807) is 0 Å². The molecule has 26 heavy (non-hydrogen) atoms. The predicted molar refractivity (Wildman–Crippen MR) is 102 cm³/mol. The second-order valence-corrected chi connectivity index (χ2v) is 7.42. The summed E-state index contributed by atoms with van der Waals surface area (Å²) in [7, 11) is 0. The van der Waals surface area contributed by atoms with Crippen LogP contribution in [0.15, 0.2) is 35.3 Å². The third kappa shape index (κ3) is 3.01. The molecule has 0 atom stereocenters. The summed E-state index contributed by atoms with van der Waals surface area (Å²) in [5, 5.41) is 0. The lowest BCUT2D eigenvalue weighted by Gasteiger charge is -2.04. The Labute approximate surface area is 155 Å². The van der Waals surface area contributed by atoms with Crippen LogP contribution >= 0.6 is 11.3 Å². The number of nitrogens with zero attached hydrogens (tertiary/aromatic N) is 2. The molecule has 0 unspecified atom stereocenters. The number of rotatable bonds is 3. The first-order valence-corrected chi connectivity index (χ1v) is 9.43. The molecule has 0 bridgehead atoms. The molecule has 0 saturated carbocycles. The molecule has 0 saturated heterocycles. The van der Waals surface area contributed by atoms with Gasteiger partial charge in [0.05, 0.1) is 16.6 Å². The third-order valence-electron chi connectivity index (χ3n) is 4.56. The molecule has 3 aromatic rings. The quantitative estimate of drug-likeness (QED) is 0.708. The van der Waals surface area contributed by atoms with Gasteiger partial charge in [-0.2, -0.15) is 4.99 Å². The SMILES string of the molecule is CCn1c(=NC(=O)Cc2cc(C)ccc2C)sc2cc3c(cc21)OCO3. The minimum absolute atomic E-state index is 0.132. The summed E-state index contributed by atoms with van der Waals surface area (Å²) >= 11 is 1.50. The van der Waals surface area contributed by atoms with E-state index in [0.717, 1.165) is 45.0 Å². The molecule has 1 aliphatic rings. The zero-order valence-electron chi connectivity index (χ0n) is 15.0. The van der Waals surface area contributed by atoms with Crippen molar-refractivity contribution in [3.63, 3.8) is 0 Å². The Balaban J connectivity index is 1.73. The molecular weight excluding hydrogens is 348 g/mol. The highest BCUT2D eigenvalue weighted by Gasteiger charge is 2.17. The number of hydrogen-bond acceptors (Lipinski definition) is 4. The second-order valence-electron chi connectivity index (χ2n) is 6.41. The van der Waals surface area contributed by atoms with E-state index in [4.69, 9.17) is 9.47 Å². The van der Waals surface area contributed by atoms with Gasteiger partial charge in [-0.05, 0) is 31.9 Å². The maximum atomic E-state index is 12.6. The molecule has 1 amide bonds. The molecule has 0 aliphatic carbocycles. The molecule has 0 fully saturated rings. The van der Waals surface area contributed by atoms with Crippen LogP contribution in [0.4, 0.5) is 0 Å². The van der Waals surface area contributed by atoms with Crippen molar-refractivity contribution < 1.29 is 14.3 Å². The summed E-state index contributed by atoms with van der Waals surface area (Å²) in [6, 6.07) is 10.1. The lowest BCUT2D eigenvalue weighted by atomic mass is 10.0. The van der Waals surface area contributed by atoms with Gasteiger partial charge in [-0.3, -0.25) is 4.79 Å². The number of aromatic nitrogens is 1. The lowest BCUT2D eigenvalue weighted by molar-refractivity contribution is -0.117. The third-order valence-corrected chi connectivity index (χ3v) is 5.60. The van der Waals surface area contributed by atoms with E-state index in [9.17, 15) is 4.79 Å². The average molecular weight is 368 g/mol. The van der Waals surface area contributed by atoms with Gasteiger partial charge in [0.2, 0.25) is 6.79 Å². The van der Waals surface area contributed by atoms with Gasteiger partial charge in [-0.1, -0.05) is 35.1 Å². The number of thiazole rings is 1. The minimum Gasteiger partial charge on any atom is -0.454 e. The first-order chi connectivity index (χ1) is 12.5. The van der Waals surface area contributed by atoms with E-state index in [1.807, 2.05) is 43.5 Å². The summed E-state index contributed by atoms with van der Waals surface area (Å²) in [5.41, 5.74) is 4.31. The van der Waals surface area contributed by atoms with Gasteiger partial charge in [0.1, 0.15) is 0 Å². The summed E-state index contributed by atoms with van der Waals surface area (Å²) in [5.74, 6) is 1.36. The molecule has 1 aliphatic heterocycles. The number of fused-ring (bicyclic) bond motifs is 2. The Hall–Kier alpha value is -2.60. The van der Waals surface area contributed by atoms with Crippen molar-refractivity contribution in [2.45, 2.75) is 33.7 Å². The van der Waals surface area contributed by atoms with Crippen molar-refractivity contribution in [3.8, 4) is 11.5 Å². The summed E-state index contributed by atoms with van der Waals surface area (Å²) < 4.78 is 14.0. The molecule has 0 radical (unpaired) electrons. The standard InChI is InChI=1S/C20H20N2O3S/c1-4-22-15-9-16-17(25-11-24-16)10-18(15)26-20(22)21-19(23)8-14-7-12(2)5-6-13(14)3/h5-7,9-10H,4,8,11H2,1-3H3. The summed E-state index contributed by atoms with van der Waals surface area (Å²) in [6.45, 7) is 7.09.